The number of ether oxygens (including phenoxy) is 1. The van der Waals surface area contributed by atoms with Crippen molar-refractivity contribution in [2.24, 2.45) is 5.73 Å². The molecule has 0 aliphatic carbocycles. The minimum Gasteiger partial charge on any atom is -0.459 e. The molecule has 0 spiro atoms. The van der Waals surface area contributed by atoms with E-state index in [0.29, 0.717) is 6.42 Å². The van der Waals surface area contributed by atoms with Crippen LogP contribution in [0.1, 0.15) is 96.5 Å². The molecule has 0 fully saturated rings. The van der Waals surface area contributed by atoms with Gasteiger partial charge >= 0.3 is 5.97 Å². The van der Waals surface area contributed by atoms with Gasteiger partial charge in [0, 0.05) is 12.8 Å². The van der Waals surface area contributed by atoms with E-state index in [9.17, 15) is 19.2 Å². The van der Waals surface area contributed by atoms with E-state index in [-0.39, 0.29) is 25.4 Å². The number of hydrogen-bond acceptors (Lipinski definition) is 5. The number of benzene rings is 1. The predicted molar refractivity (Wildman–Crippen MR) is 136 cm³/mol. The largest absolute Gasteiger partial charge is 0.459 e. The van der Waals surface area contributed by atoms with Crippen molar-refractivity contribution in [1.29, 1.82) is 0 Å². The summed E-state index contributed by atoms with van der Waals surface area (Å²) < 4.78 is 5.30. The van der Waals surface area contributed by atoms with Crippen LogP contribution in [0.3, 0.4) is 0 Å². The third-order valence-corrected chi connectivity index (χ3v) is 5.78. The Labute approximate surface area is 209 Å². The van der Waals surface area contributed by atoms with Gasteiger partial charge in [0.15, 0.2) is 0 Å². The van der Waals surface area contributed by atoms with Gasteiger partial charge in [0.2, 0.25) is 17.7 Å². The van der Waals surface area contributed by atoms with Crippen LogP contribution in [-0.2, 0) is 30.5 Å². The van der Waals surface area contributed by atoms with Crippen LogP contribution in [0.2, 0.25) is 0 Å². The molecule has 4 N–H and O–H groups in total. The minimum atomic E-state index is -1.03. The first kappa shape index (κ1) is 30.1. The van der Waals surface area contributed by atoms with E-state index < -0.39 is 29.9 Å². The number of rotatable bonds is 19. The third kappa shape index (κ3) is 14.9. The molecular formula is C27H43N3O5. The second kappa shape index (κ2) is 18.4. The topological polar surface area (TPSA) is 128 Å². The molecular weight excluding hydrogens is 446 g/mol. The Morgan fingerprint density at radius 2 is 1.46 bits per heavy atom. The molecule has 0 aliphatic rings. The summed E-state index contributed by atoms with van der Waals surface area (Å²) in [5.41, 5.74) is 6.01. The van der Waals surface area contributed by atoms with Crippen LogP contribution in [0.5, 0.6) is 0 Å². The van der Waals surface area contributed by atoms with Gasteiger partial charge in [0.05, 0.1) is 0 Å². The highest BCUT2D eigenvalue weighted by molar-refractivity contribution is 5.90. The highest BCUT2D eigenvalue weighted by Gasteiger charge is 2.26. The van der Waals surface area contributed by atoms with Crippen LogP contribution in [0, 0.1) is 0 Å². The Balaban J connectivity index is 2.38. The molecule has 0 saturated heterocycles. The zero-order valence-corrected chi connectivity index (χ0v) is 21.4. The monoisotopic (exact) mass is 489 g/mol. The van der Waals surface area contributed by atoms with E-state index in [2.05, 4.69) is 17.6 Å². The van der Waals surface area contributed by atoms with Crippen molar-refractivity contribution in [2.75, 3.05) is 0 Å². The molecule has 35 heavy (non-hydrogen) atoms. The van der Waals surface area contributed by atoms with Crippen LogP contribution in [0.25, 0.3) is 0 Å². The van der Waals surface area contributed by atoms with Crippen molar-refractivity contribution in [3.8, 4) is 0 Å². The molecule has 8 nitrogen and oxygen atoms in total. The SMILES string of the molecule is CCCCCCCCCCCC(=O)N[C@@H](C)C(=O)N[C@H](CCC(N)=O)C(=O)OCc1ccccc1. The first-order valence-electron chi connectivity index (χ1n) is 12.9. The maximum absolute atomic E-state index is 12.6. The van der Waals surface area contributed by atoms with Gasteiger partial charge in [-0.1, -0.05) is 88.6 Å². The van der Waals surface area contributed by atoms with Crippen molar-refractivity contribution in [3.63, 3.8) is 0 Å². The Kier molecular flexibility index (Phi) is 15.9. The van der Waals surface area contributed by atoms with Crippen molar-refractivity contribution in [1.82, 2.24) is 10.6 Å². The summed E-state index contributed by atoms with van der Waals surface area (Å²) >= 11 is 0. The molecule has 3 amide bonds. The first-order chi connectivity index (χ1) is 16.8. The first-order valence-corrected chi connectivity index (χ1v) is 12.9. The average Bonchev–Trinajstić information content (AvgIpc) is 2.84. The van der Waals surface area contributed by atoms with Crippen LogP contribution in [-0.4, -0.2) is 35.8 Å². The van der Waals surface area contributed by atoms with Gasteiger partial charge in [0.1, 0.15) is 18.7 Å². The van der Waals surface area contributed by atoms with E-state index >= 15 is 0 Å². The van der Waals surface area contributed by atoms with Gasteiger partial charge < -0.3 is 21.1 Å². The summed E-state index contributed by atoms with van der Waals surface area (Å²) in [4.78, 5) is 48.5. The molecule has 2 atom stereocenters. The van der Waals surface area contributed by atoms with Gasteiger partial charge in [-0.15, -0.1) is 0 Å². The Hall–Kier alpha value is -2.90. The summed E-state index contributed by atoms with van der Waals surface area (Å²) in [6.45, 7) is 3.82. The van der Waals surface area contributed by atoms with Crippen molar-refractivity contribution in [3.05, 3.63) is 35.9 Å². The molecule has 1 aromatic carbocycles. The summed E-state index contributed by atoms with van der Waals surface area (Å²) in [6.07, 6.45) is 10.7. The summed E-state index contributed by atoms with van der Waals surface area (Å²) in [5.74, 6) is -1.95. The van der Waals surface area contributed by atoms with Gasteiger partial charge in [0.25, 0.3) is 0 Å². The van der Waals surface area contributed by atoms with Crippen molar-refractivity contribution >= 4 is 23.7 Å². The lowest BCUT2D eigenvalue weighted by Gasteiger charge is -2.20. The zero-order chi connectivity index (χ0) is 25.9. The fraction of sp³-hybridized carbons (Fsp3) is 0.630. The van der Waals surface area contributed by atoms with Crippen molar-refractivity contribution < 1.29 is 23.9 Å². The molecule has 196 valence electrons. The number of esters is 1. The normalized spacial score (nSPS) is 12.4. The van der Waals surface area contributed by atoms with E-state index in [1.807, 2.05) is 30.3 Å². The quantitative estimate of drug-likeness (QED) is 0.201. The number of carbonyl (C=O) groups excluding carboxylic acids is 4. The maximum Gasteiger partial charge on any atom is 0.328 e. The van der Waals surface area contributed by atoms with Crippen LogP contribution < -0.4 is 16.4 Å². The van der Waals surface area contributed by atoms with Crippen LogP contribution in [0.15, 0.2) is 30.3 Å². The molecule has 0 radical (unpaired) electrons. The predicted octanol–water partition coefficient (Wildman–Crippen LogP) is 3.91. The van der Waals surface area contributed by atoms with Gasteiger partial charge in [-0.25, -0.2) is 4.79 Å². The average molecular weight is 490 g/mol. The number of carbonyl (C=O) groups is 4. The lowest BCUT2D eigenvalue weighted by Crippen LogP contribution is -2.50. The minimum absolute atomic E-state index is 0.0216. The third-order valence-electron chi connectivity index (χ3n) is 5.78. The molecule has 8 heteroatoms. The smallest absolute Gasteiger partial charge is 0.328 e. The molecule has 0 unspecified atom stereocenters. The Morgan fingerprint density at radius 3 is 2.06 bits per heavy atom. The van der Waals surface area contributed by atoms with Crippen molar-refractivity contribution in [2.45, 2.75) is 110 Å². The number of hydrogen-bond donors (Lipinski definition) is 3. The fourth-order valence-electron chi connectivity index (χ4n) is 3.64. The lowest BCUT2D eigenvalue weighted by molar-refractivity contribution is -0.149. The number of nitrogens with one attached hydrogen (secondary N) is 2. The van der Waals surface area contributed by atoms with E-state index in [1.165, 1.54) is 38.5 Å². The highest BCUT2D eigenvalue weighted by Crippen LogP contribution is 2.11. The lowest BCUT2D eigenvalue weighted by atomic mass is 10.1. The number of primary amides is 1. The molecule has 0 aromatic heterocycles. The molecule has 0 bridgehead atoms. The van der Waals surface area contributed by atoms with Gasteiger partial charge in [-0.3, -0.25) is 14.4 Å². The summed E-state index contributed by atoms with van der Waals surface area (Å²) in [6, 6.07) is 7.29. The number of unbranched alkanes of at least 4 members (excludes halogenated alkanes) is 8. The second-order valence-corrected chi connectivity index (χ2v) is 9.03. The maximum atomic E-state index is 12.6. The Morgan fingerprint density at radius 1 is 0.857 bits per heavy atom. The van der Waals surface area contributed by atoms with Crippen LogP contribution >= 0.6 is 0 Å². The molecule has 0 saturated carbocycles. The van der Waals surface area contributed by atoms with E-state index in [4.69, 9.17) is 10.5 Å². The molecule has 0 heterocycles. The zero-order valence-electron chi connectivity index (χ0n) is 21.4. The summed E-state index contributed by atoms with van der Waals surface area (Å²) in [5, 5.41) is 5.26. The summed E-state index contributed by atoms with van der Waals surface area (Å²) in [7, 11) is 0. The Bertz CT molecular complexity index is 769. The number of amides is 3. The van der Waals surface area contributed by atoms with Gasteiger partial charge in [-0.05, 0) is 25.3 Å². The van der Waals surface area contributed by atoms with Gasteiger partial charge in [-0.2, -0.15) is 0 Å². The second-order valence-electron chi connectivity index (χ2n) is 9.03. The van der Waals surface area contributed by atoms with Crippen LogP contribution in [0.4, 0.5) is 0 Å². The standard InChI is InChI=1S/C27H43N3O5/c1-3-4-5-6-7-8-9-10-14-17-25(32)29-21(2)26(33)30-23(18-19-24(28)31)27(34)35-20-22-15-12-11-13-16-22/h11-13,15-16,21,23H,3-10,14,17-20H2,1-2H3,(H2,28,31)(H,29,32)(H,30,33)/t21-,23+/m0/s1. The number of nitrogens with two attached hydrogens (primary N) is 1. The van der Waals surface area contributed by atoms with E-state index in [1.54, 1.807) is 6.92 Å². The molecule has 0 aliphatic heterocycles. The molecule has 1 rings (SSSR count). The fourth-order valence-corrected chi connectivity index (χ4v) is 3.64. The molecule has 1 aromatic rings. The van der Waals surface area contributed by atoms with E-state index in [0.717, 1.165) is 24.8 Å². The highest BCUT2D eigenvalue weighted by atomic mass is 16.5.